The molecule has 5 nitrogen and oxygen atoms in total. The summed E-state index contributed by atoms with van der Waals surface area (Å²) in [5.74, 6) is 0.0647. The number of hydrogen-bond donors (Lipinski definition) is 1. The summed E-state index contributed by atoms with van der Waals surface area (Å²) in [5.41, 5.74) is 1.29. The standard InChI is InChI=1S/C22H23Cl2N3O2/c23-18-5-1-16(2-6-18)9-12-27-15-25-21(29)22(27)10-13-26(14-11-22)20(28)17-3-7-19(24)8-4-17/h1-8H,9-15H2,(H,25,29). The van der Waals surface area contributed by atoms with E-state index in [1.54, 1.807) is 24.3 Å². The monoisotopic (exact) mass is 431 g/mol. The van der Waals surface area contributed by atoms with Crippen LogP contribution in [0, 0.1) is 0 Å². The van der Waals surface area contributed by atoms with Gasteiger partial charge in [-0.15, -0.1) is 0 Å². The van der Waals surface area contributed by atoms with Crippen LogP contribution in [0.5, 0.6) is 0 Å². The summed E-state index contributed by atoms with van der Waals surface area (Å²) in [6.07, 6.45) is 2.12. The van der Waals surface area contributed by atoms with Gasteiger partial charge >= 0.3 is 0 Å². The average molecular weight is 432 g/mol. The molecule has 2 heterocycles. The number of rotatable bonds is 4. The maximum atomic E-state index is 12.8. The average Bonchev–Trinajstić information content (AvgIpc) is 3.03. The molecule has 0 aromatic heterocycles. The second kappa shape index (κ2) is 8.34. The molecule has 2 aromatic rings. The van der Waals surface area contributed by atoms with Crippen molar-refractivity contribution in [3.63, 3.8) is 0 Å². The highest BCUT2D eigenvalue weighted by Crippen LogP contribution is 2.33. The minimum atomic E-state index is -0.525. The molecular formula is C22H23Cl2N3O2. The quantitative estimate of drug-likeness (QED) is 0.804. The fourth-order valence-electron chi connectivity index (χ4n) is 4.23. The zero-order chi connectivity index (χ0) is 20.4. The maximum Gasteiger partial charge on any atom is 0.253 e. The van der Waals surface area contributed by atoms with Gasteiger partial charge < -0.3 is 10.2 Å². The van der Waals surface area contributed by atoms with Gasteiger partial charge in [-0.2, -0.15) is 0 Å². The topological polar surface area (TPSA) is 52.7 Å². The fraction of sp³-hybridized carbons (Fsp3) is 0.364. The second-order valence-electron chi connectivity index (χ2n) is 7.63. The van der Waals surface area contributed by atoms with E-state index in [1.165, 1.54) is 5.56 Å². The lowest BCUT2D eigenvalue weighted by Gasteiger charge is -2.42. The van der Waals surface area contributed by atoms with Gasteiger partial charge in [0.15, 0.2) is 0 Å². The van der Waals surface area contributed by atoms with Gasteiger partial charge in [0.2, 0.25) is 5.91 Å². The highest BCUT2D eigenvalue weighted by atomic mass is 35.5. The first-order valence-electron chi connectivity index (χ1n) is 9.81. The van der Waals surface area contributed by atoms with Crippen LogP contribution < -0.4 is 5.32 Å². The first-order chi connectivity index (χ1) is 14.0. The van der Waals surface area contributed by atoms with Gasteiger partial charge in [0, 0.05) is 35.2 Å². The van der Waals surface area contributed by atoms with E-state index in [4.69, 9.17) is 23.2 Å². The molecule has 0 atom stereocenters. The second-order valence-corrected chi connectivity index (χ2v) is 8.51. The van der Waals surface area contributed by atoms with Crippen LogP contribution in [-0.4, -0.2) is 53.5 Å². The zero-order valence-electron chi connectivity index (χ0n) is 16.0. The number of halogens is 2. The van der Waals surface area contributed by atoms with E-state index >= 15 is 0 Å². The molecule has 0 aliphatic carbocycles. The molecule has 7 heteroatoms. The third-order valence-electron chi connectivity index (χ3n) is 6.01. The molecule has 29 heavy (non-hydrogen) atoms. The van der Waals surface area contributed by atoms with Crippen molar-refractivity contribution < 1.29 is 9.59 Å². The molecule has 2 aliphatic heterocycles. The summed E-state index contributed by atoms with van der Waals surface area (Å²) < 4.78 is 0. The van der Waals surface area contributed by atoms with Crippen LogP contribution >= 0.6 is 23.2 Å². The van der Waals surface area contributed by atoms with Gasteiger partial charge in [0.1, 0.15) is 5.54 Å². The van der Waals surface area contributed by atoms with E-state index in [1.807, 2.05) is 29.2 Å². The molecule has 1 spiro atoms. The number of likely N-dealkylation sites (tertiary alicyclic amines) is 1. The zero-order valence-corrected chi connectivity index (χ0v) is 17.5. The van der Waals surface area contributed by atoms with Crippen molar-refractivity contribution in [1.82, 2.24) is 15.1 Å². The largest absolute Gasteiger partial charge is 0.342 e. The summed E-state index contributed by atoms with van der Waals surface area (Å²) in [5, 5.41) is 4.34. The third kappa shape index (κ3) is 4.13. The van der Waals surface area contributed by atoms with Crippen molar-refractivity contribution in [2.24, 2.45) is 0 Å². The van der Waals surface area contributed by atoms with E-state index in [0.29, 0.717) is 43.2 Å². The predicted molar refractivity (Wildman–Crippen MR) is 114 cm³/mol. The van der Waals surface area contributed by atoms with E-state index < -0.39 is 5.54 Å². The normalized spacial score (nSPS) is 18.8. The van der Waals surface area contributed by atoms with Crippen LogP contribution in [0.15, 0.2) is 48.5 Å². The summed E-state index contributed by atoms with van der Waals surface area (Å²) in [6, 6.07) is 14.8. The molecule has 0 saturated carbocycles. The summed E-state index contributed by atoms with van der Waals surface area (Å²) in [6.45, 7) is 2.46. The van der Waals surface area contributed by atoms with Crippen LogP contribution in [0.25, 0.3) is 0 Å². The predicted octanol–water partition coefficient (Wildman–Crippen LogP) is 3.60. The molecule has 2 aliphatic rings. The molecule has 4 rings (SSSR count). The van der Waals surface area contributed by atoms with E-state index in [-0.39, 0.29) is 11.8 Å². The van der Waals surface area contributed by atoms with Crippen molar-refractivity contribution >= 4 is 35.0 Å². The summed E-state index contributed by atoms with van der Waals surface area (Å²) in [7, 11) is 0. The summed E-state index contributed by atoms with van der Waals surface area (Å²) in [4.78, 5) is 29.5. The van der Waals surface area contributed by atoms with Crippen LogP contribution in [0.3, 0.4) is 0 Å². The van der Waals surface area contributed by atoms with Gasteiger partial charge in [-0.3, -0.25) is 14.5 Å². The molecule has 2 saturated heterocycles. The Morgan fingerprint density at radius 3 is 2.17 bits per heavy atom. The third-order valence-corrected chi connectivity index (χ3v) is 6.52. The number of nitrogens with zero attached hydrogens (tertiary/aromatic N) is 2. The lowest BCUT2D eigenvalue weighted by Crippen LogP contribution is -2.57. The fourth-order valence-corrected chi connectivity index (χ4v) is 4.48. The smallest absolute Gasteiger partial charge is 0.253 e. The SMILES string of the molecule is O=C(c1ccc(Cl)cc1)N1CCC2(CC1)C(=O)NCN2CCc1ccc(Cl)cc1. The molecule has 2 fully saturated rings. The number of hydrogen-bond acceptors (Lipinski definition) is 3. The first-order valence-corrected chi connectivity index (χ1v) is 10.6. The van der Waals surface area contributed by atoms with Crippen molar-refractivity contribution in [3.8, 4) is 0 Å². The molecular weight excluding hydrogens is 409 g/mol. The Hall–Kier alpha value is -2.08. The number of carbonyl (C=O) groups excluding carboxylic acids is 2. The van der Waals surface area contributed by atoms with Gasteiger partial charge in [-0.25, -0.2) is 0 Å². The van der Waals surface area contributed by atoms with Crippen LogP contribution in [0.1, 0.15) is 28.8 Å². The lowest BCUT2D eigenvalue weighted by molar-refractivity contribution is -0.128. The number of piperidine rings is 1. The van der Waals surface area contributed by atoms with Crippen molar-refractivity contribution in [2.45, 2.75) is 24.8 Å². The molecule has 152 valence electrons. The van der Waals surface area contributed by atoms with E-state index in [0.717, 1.165) is 18.0 Å². The number of benzene rings is 2. The molecule has 1 N–H and O–H groups in total. The Kier molecular flexibility index (Phi) is 5.81. The molecule has 2 aromatic carbocycles. The van der Waals surface area contributed by atoms with Gasteiger partial charge in [0.05, 0.1) is 6.67 Å². The summed E-state index contributed by atoms with van der Waals surface area (Å²) >= 11 is 11.9. The highest BCUT2D eigenvalue weighted by molar-refractivity contribution is 6.30. The Labute approximate surface area is 180 Å². The molecule has 0 unspecified atom stereocenters. The molecule has 0 radical (unpaired) electrons. The minimum Gasteiger partial charge on any atom is -0.342 e. The Morgan fingerprint density at radius 2 is 1.55 bits per heavy atom. The minimum absolute atomic E-state index is 0.0114. The maximum absolute atomic E-state index is 12.8. The van der Waals surface area contributed by atoms with Crippen LogP contribution in [0.2, 0.25) is 10.0 Å². The Bertz CT molecular complexity index is 891. The number of carbonyl (C=O) groups is 2. The van der Waals surface area contributed by atoms with E-state index in [9.17, 15) is 9.59 Å². The van der Waals surface area contributed by atoms with Crippen LogP contribution in [-0.2, 0) is 11.2 Å². The van der Waals surface area contributed by atoms with E-state index in [2.05, 4.69) is 10.2 Å². The Balaban J connectivity index is 1.40. The number of nitrogens with one attached hydrogen (secondary N) is 1. The van der Waals surface area contributed by atoms with Crippen LogP contribution in [0.4, 0.5) is 0 Å². The number of amides is 2. The van der Waals surface area contributed by atoms with Crippen molar-refractivity contribution in [3.05, 3.63) is 69.7 Å². The molecule has 2 amide bonds. The highest BCUT2D eigenvalue weighted by Gasteiger charge is 2.50. The van der Waals surface area contributed by atoms with Gasteiger partial charge in [0.25, 0.3) is 5.91 Å². The van der Waals surface area contributed by atoms with Crippen molar-refractivity contribution in [1.29, 1.82) is 0 Å². The van der Waals surface area contributed by atoms with Gasteiger partial charge in [-0.05, 0) is 61.2 Å². The molecule has 0 bridgehead atoms. The van der Waals surface area contributed by atoms with Gasteiger partial charge in [-0.1, -0.05) is 35.3 Å². The lowest BCUT2D eigenvalue weighted by atomic mass is 9.85. The van der Waals surface area contributed by atoms with Crippen molar-refractivity contribution in [2.75, 3.05) is 26.3 Å². The Morgan fingerprint density at radius 1 is 0.966 bits per heavy atom. The first kappa shape index (κ1) is 20.2.